The molecule has 0 saturated carbocycles. The lowest BCUT2D eigenvalue weighted by Crippen LogP contribution is -2.62. The normalized spacial score (nSPS) is 27.8. The van der Waals surface area contributed by atoms with Gasteiger partial charge in [0, 0.05) is 30.5 Å². The van der Waals surface area contributed by atoms with Crippen LogP contribution in [-0.2, 0) is 4.74 Å². The number of piperazine rings is 1. The molecule has 0 aliphatic carbocycles. The van der Waals surface area contributed by atoms with Gasteiger partial charge >= 0.3 is 12.1 Å². The lowest BCUT2D eigenvalue weighted by molar-refractivity contribution is 0.00692. The molecule has 0 unspecified atom stereocenters. The van der Waals surface area contributed by atoms with E-state index in [0.717, 1.165) is 38.6 Å². The molecule has 0 radical (unpaired) electrons. The van der Waals surface area contributed by atoms with Crippen LogP contribution in [0.15, 0.2) is 30.3 Å². The molecule has 54 heavy (non-hydrogen) atoms. The maximum atomic E-state index is 17.5. The maximum Gasteiger partial charge on any atom is 0.410 e. The zero-order valence-electron chi connectivity index (χ0n) is 31.2. The molecule has 9 rings (SSSR count). The number of terminal acetylenes is 1. The minimum atomic E-state index is -0.939. The monoisotopic (exact) mass is 738 g/mol. The van der Waals surface area contributed by atoms with Crippen molar-refractivity contribution in [3.8, 4) is 29.6 Å². The molecule has 2 aromatic heterocycles. The summed E-state index contributed by atoms with van der Waals surface area (Å²) >= 11 is 0. The minimum absolute atomic E-state index is 0.00482. The maximum absolute atomic E-state index is 17.5. The highest BCUT2D eigenvalue weighted by Gasteiger charge is 2.52. The van der Waals surface area contributed by atoms with Crippen LogP contribution in [-0.4, -0.2) is 92.5 Å². The molecule has 6 atom stereocenters. The van der Waals surface area contributed by atoms with Crippen LogP contribution in [0.4, 0.5) is 23.8 Å². The third kappa shape index (κ3) is 5.56. The van der Waals surface area contributed by atoms with Gasteiger partial charge in [-0.3, -0.25) is 9.80 Å². The first-order valence-electron chi connectivity index (χ1n) is 19.2. The Labute approximate surface area is 313 Å². The summed E-state index contributed by atoms with van der Waals surface area (Å²) < 4.78 is 59.7. The average molecular weight is 739 g/mol. The van der Waals surface area contributed by atoms with Crippen LogP contribution in [0.2, 0.25) is 0 Å². The molecule has 282 valence electrons. The fraction of sp³-hybridized carbons (Fsp3) is 0.524. The SMILES string of the molecule is C#Cc1c(F)ccc2cccc(-c3nc4c5c(nc(OC[C@@]67CCCN6C[C@H](F)C7)nc5c3F)N3C[C@H]5CC[C@@H]([C@H]3CC[C@@H]4C)N5C(=O)OC(C)(C)C)c12. The lowest BCUT2D eigenvalue weighted by atomic mass is 9.88. The van der Waals surface area contributed by atoms with Crippen LogP contribution >= 0.6 is 0 Å². The Morgan fingerprint density at radius 3 is 2.65 bits per heavy atom. The van der Waals surface area contributed by atoms with Gasteiger partial charge in [-0.15, -0.1) is 6.42 Å². The fourth-order valence-corrected chi connectivity index (χ4v) is 10.1. The molecule has 0 N–H and O–H groups in total. The molecule has 0 spiro atoms. The van der Waals surface area contributed by atoms with Crippen molar-refractivity contribution in [3.05, 3.63) is 53.2 Å². The summed E-state index contributed by atoms with van der Waals surface area (Å²) in [6.07, 6.45) is 9.73. The number of nitrogens with zero attached hydrogens (tertiary/aromatic N) is 6. The van der Waals surface area contributed by atoms with Gasteiger partial charge in [0.1, 0.15) is 41.2 Å². The Balaban J connectivity index is 1.22. The highest BCUT2D eigenvalue weighted by Crippen LogP contribution is 2.47. The highest BCUT2D eigenvalue weighted by atomic mass is 19.1. The third-order valence-corrected chi connectivity index (χ3v) is 12.4. The van der Waals surface area contributed by atoms with E-state index in [2.05, 4.69) is 22.6 Å². The summed E-state index contributed by atoms with van der Waals surface area (Å²) in [5.41, 5.74) is 0.0134. The van der Waals surface area contributed by atoms with Crippen molar-refractivity contribution in [1.29, 1.82) is 0 Å². The number of ether oxygens (including phenoxy) is 2. The predicted molar refractivity (Wildman–Crippen MR) is 200 cm³/mol. The second-order valence-electron chi connectivity index (χ2n) is 16.9. The van der Waals surface area contributed by atoms with E-state index in [0.29, 0.717) is 59.2 Å². The molecule has 5 aliphatic rings. The number of amides is 1. The summed E-state index contributed by atoms with van der Waals surface area (Å²) in [7, 11) is 0. The van der Waals surface area contributed by atoms with Gasteiger partial charge in [0.2, 0.25) is 0 Å². The number of carbonyl (C=O) groups is 1. The molecule has 7 heterocycles. The van der Waals surface area contributed by atoms with E-state index in [1.807, 2.05) is 31.7 Å². The molecule has 1 amide bonds. The fourth-order valence-electron chi connectivity index (χ4n) is 10.1. The second-order valence-corrected chi connectivity index (χ2v) is 16.9. The van der Waals surface area contributed by atoms with Crippen molar-refractivity contribution in [1.82, 2.24) is 24.8 Å². The van der Waals surface area contributed by atoms with E-state index in [4.69, 9.17) is 30.8 Å². The molecule has 4 fully saturated rings. The van der Waals surface area contributed by atoms with Crippen LogP contribution in [0.5, 0.6) is 6.01 Å². The highest BCUT2D eigenvalue weighted by molar-refractivity contribution is 6.03. The number of hydrogen-bond acceptors (Lipinski definition) is 8. The summed E-state index contributed by atoms with van der Waals surface area (Å²) in [6, 6.07) is 7.88. The van der Waals surface area contributed by atoms with E-state index in [9.17, 15) is 9.18 Å². The smallest absolute Gasteiger partial charge is 0.410 e. The van der Waals surface area contributed by atoms with Gasteiger partial charge in [-0.2, -0.15) is 9.97 Å². The molecule has 2 bridgehead atoms. The number of pyridine rings is 1. The predicted octanol–water partition coefficient (Wildman–Crippen LogP) is 7.91. The zero-order valence-corrected chi connectivity index (χ0v) is 31.2. The molecule has 9 nitrogen and oxygen atoms in total. The first kappa shape index (κ1) is 35.1. The summed E-state index contributed by atoms with van der Waals surface area (Å²) in [4.78, 5) is 34.8. The Morgan fingerprint density at radius 2 is 1.85 bits per heavy atom. The van der Waals surface area contributed by atoms with Gasteiger partial charge in [-0.05, 0) is 83.2 Å². The minimum Gasteiger partial charge on any atom is -0.461 e. The number of rotatable bonds is 4. The average Bonchev–Trinajstić information content (AvgIpc) is 3.77. The first-order valence-corrected chi connectivity index (χ1v) is 19.2. The number of aromatic nitrogens is 3. The molecule has 4 saturated heterocycles. The van der Waals surface area contributed by atoms with E-state index in [1.165, 1.54) is 6.07 Å². The van der Waals surface area contributed by atoms with Gasteiger partial charge in [-0.25, -0.2) is 22.9 Å². The number of carbonyl (C=O) groups excluding carboxylic acids is 1. The number of anilines is 1. The largest absolute Gasteiger partial charge is 0.461 e. The van der Waals surface area contributed by atoms with Gasteiger partial charge in [0.15, 0.2) is 5.82 Å². The second kappa shape index (κ2) is 12.7. The Hall–Kier alpha value is -4.63. The topological polar surface area (TPSA) is 83.9 Å². The van der Waals surface area contributed by atoms with E-state index >= 15 is 8.78 Å². The lowest BCUT2D eigenvalue weighted by Gasteiger charge is -2.48. The van der Waals surface area contributed by atoms with Crippen molar-refractivity contribution in [3.63, 3.8) is 0 Å². The quantitative estimate of drug-likeness (QED) is 0.196. The van der Waals surface area contributed by atoms with Crippen LogP contribution in [0.1, 0.15) is 89.8 Å². The number of fused-ring (bicyclic) bond motifs is 7. The standard InChI is InChI=1S/C42H45F3N6O3/c1-6-27-29(44)14-12-24-9-7-10-28(32(24)27)36-34(45)37-33-35(46-36)23(2)11-15-30-31-16-13-26(51(31)40(52)54-41(3,4)5)21-50(30)38(33)48-39(47-37)53-22-42-17-8-18-49(42)20-25(43)19-42/h1,7,9-10,12,14,23,25-26,30-31H,8,11,13,15-22H2,2-5H3/t23-,25+,26+,30+,31-,42-/m0/s1. The van der Waals surface area contributed by atoms with Crippen LogP contribution in [0.3, 0.4) is 0 Å². The van der Waals surface area contributed by atoms with Crippen molar-refractivity contribution < 1.29 is 27.4 Å². The number of benzene rings is 2. The summed E-state index contributed by atoms with van der Waals surface area (Å²) in [6.45, 7) is 9.51. The number of halogens is 3. The Kier molecular flexibility index (Phi) is 8.27. The molecule has 4 aromatic rings. The number of alkyl halides is 1. The Bertz CT molecular complexity index is 2240. The van der Waals surface area contributed by atoms with Gasteiger partial charge in [0.05, 0.1) is 40.3 Å². The van der Waals surface area contributed by atoms with Crippen molar-refractivity contribution in [2.24, 2.45) is 0 Å². The molecule has 2 aromatic carbocycles. The van der Waals surface area contributed by atoms with E-state index < -0.39 is 28.9 Å². The van der Waals surface area contributed by atoms with E-state index in [1.54, 1.807) is 18.2 Å². The summed E-state index contributed by atoms with van der Waals surface area (Å²) in [5, 5.41) is 1.56. The third-order valence-electron chi connectivity index (χ3n) is 12.4. The van der Waals surface area contributed by atoms with Crippen molar-refractivity contribution in [2.45, 2.75) is 114 Å². The van der Waals surface area contributed by atoms with Crippen molar-refractivity contribution >= 4 is 33.6 Å². The first-order chi connectivity index (χ1) is 25.9. The summed E-state index contributed by atoms with van der Waals surface area (Å²) in [5.74, 6) is 1.58. The van der Waals surface area contributed by atoms with Crippen molar-refractivity contribution in [2.75, 3.05) is 31.1 Å². The van der Waals surface area contributed by atoms with Gasteiger partial charge in [-0.1, -0.05) is 37.1 Å². The van der Waals surface area contributed by atoms with E-state index in [-0.39, 0.29) is 59.5 Å². The van der Waals surface area contributed by atoms with Gasteiger partial charge < -0.3 is 14.4 Å². The number of hydrogen-bond donors (Lipinski definition) is 0. The molecular weight excluding hydrogens is 693 g/mol. The Morgan fingerprint density at radius 1 is 1.04 bits per heavy atom. The molecule has 12 heteroatoms. The molecule has 5 aliphatic heterocycles. The van der Waals surface area contributed by atoms with Gasteiger partial charge in [0.25, 0.3) is 0 Å². The van der Waals surface area contributed by atoms with Crippen LogP contribution in [0, 0.1) is 24.0 Å². The van der Waals surface area contributed by atoms with Crippen LogP contribution in [0.25, 0.3) is 32.9 Å². The zero-order chi connectivity index (χ0) is 37.7. The molecular formula is C42H45F3N6O3. The van der Waals surface area contributed by atoms with Crippen LogP contribution < -0.4 is 9.64 Å².